The van der Waals surface area contributed by atoms with Crippen LogP contribution in [-0.2, 0) is 25.8 Å². The van der Waals surface area contributed by atoms with Crippen LogP contribution < -0.4 is 5.32 Å². The van der Waals surface area contributed by atoms with E-state index in [1.807, 2.05) is 0 Å². The fraction of sp³-hybridized carbons (Fsp3) is 0.375. The molecule has 2 aromatic rings. The minimum atomic E-state index is -4.63. The Hall–Kier alpha value is -2.58. The molecule has 9 nitrogen and oxygen atoms in total. The maximum absolute atomic E-state index is 12.9. The van der Waals surface area contributed by atoms with E-state index in [0.29, 0.717) is 16.9 Å². The molecule has 0 saturated carbocycles. The molecule has 1 amide bonds. The molecule has 0 radical (unpaired) electrons. The monoisotopic (exact) mass is 463 g/mol. The van der Waals surface area contributed by atoms with Crippen LogP contribution in [0, 0.1) is 0 Å². The van der Waals surface area contributed by atoms with Gasteiger partial charge in [0.15, 0.2) is 6.61 Å². The highest BCUT2D eigenvalue weighted by molar-refractivity contribution is 7.89. The molecule has 1 saturated heterocycles. The van der Waals surface area contributed by atoms with Crippen LogP contribution in [0.2, 0.25) is 0 Å². The second-order valence-electron chi connectivity index (χ2n) is 6.15. The molecule has 0 atom stereocenters. The van der Waals surface area contributed by atoms with E-state index in [9.17, 15) is 26.4 Å². The third-order valence-electron chi connectivity index (χ3n) is 4.09. The minimum Gasteiger partial charge on any atom is -0.386 e. The summed E-state index contributed by atoms with van der Waals surface area (Å²) >= 11 is 1.15. The van der Waals surface area contributed by atoms with Gasteiger partial charge in [0.1, 0.15) is 5.51 Å². The van der Waals surface area contributed by atoms with Gasteiger partial charge in [-0.05, 0) is 18.2 Å². The number of alkyl halides is 3. The van der Waals surface area contributed by atoms with Crippen molar-refractivity contribution >= 4 is 38.1 Å². The molecule has 1 N–H and O–H groups in total. The molecule has 1 aliphatic heterocycles. The van der Waals surface area contributed by atoms with Crippen molar-refractivity contribution in [3.05, 3.63) is 35.3 Å². The number of benzene rings is 1. The highest BCUT2D eigenvalue weighted by Gasteiger charge is 2.33. The first kappa shape index (κ1) is 22.1. The molecule has 14 heteroatoms. The number of carbonyl (C=O) groups is 1. The third-order valence-corrected chi connectivity index (χ3v) is 6.60. The Bertz CT molecular complexity index is 1020. The number of nitrogens with zero attached hydrogens (tertiary/aromatic N) is 4. The van der Waals surface area contributed by atoms with Crippen LogP contribution in [0.3, 0.4) is 0 Å². The van der Waals surface area contributed by atoms with Crippen LogP contribution in [0.1, 0.15) is 18.4 Å². The summed E-state index contributed by atoms with van der Waals surface area (Å²) in [6, 6.07) is 3.64. The lowest BCUT2D eigenvalue weighted by Gasteiger charge is -2.26. The maximum atomic E-state index is 12.9. The quantitative estimate of drug-likeness (QED) is 0.658. The van der Waals surface area contributed by atoms with Crippen LogP contribution in [0.25, 0.3) is 0 Å². The highest BCUT2D eigenvalue weighted by Crippen LogP contribution is 2.31. The maximum Gasteiger partial charge on any atom is 0.416 e. The van der Waals surface area contributed by atoms with Crippen molar-refractivity contribution in [2.45, 2.75) is 23.9 Å². The number of carbonyl (C=O) groups excluding carboxylic acids is 1. The molecule has 0 bridgehead atoms. The van der Waals surface area contributed by atoms with E-state index in [4.69, 9.17) is 4.84 Å². The fourth-order valence-corrected chi connectivity index (χ4v) is 4.57. The largest absolute Gasteiger partial charge is 0.416 e. The topological polar surface area (TPSA) is 114 Å². The SMILES string of the molecule is O=C(CON=C1CCN(S(=O)(=O)c2cccc(C(F)(F)F)c2)CC1)Nc1nncs1. The molecule has 162 valence electrons. The molecular weight excluding hydrogens is 447 g/mol. The van der Waals surface area contributed by atoms with E-state index >= 15 is 0 Å². The fourth-order valence-electron chi connectivity index (χ4n) is 2.62. The molecule has 1 aliphatic rings. The summed E-state index contributed by atoms with van der Waals surface area (Å²) in [4.78, 5) is 16.2. The molecule has 0 spiro atoms. The molecule has 3 rings (SSSR count). The van der Waals surface area contributed by atoms with Gasteiger partial charge in [0, 0.05) is 25.9 Å². The number of hydrogen-bond acceptors (Lipinski definition) is 8. The van der Waals surface area contributed by atoms with Gasteiger partial charge < -0.3 is 4.84 Å². The van der Waals surface area contributed by atoms with Crippen molar-refractivity contribution in [1.82, 2.24) is 14.5 Å². The Balaban J connectivity index is 1.54. The normalized spacial score (nSPS) is 15.6. The van der Waals surface area contributed by atoms with Gasteiger partial charge in [-0.1, -0.05) is 22.6 Å². The number of halogens is 3. The second-order valence-corrected chi connectivity index (χ2v) is 8.92. The summed E-state index contributed by atoms with van der Waals surface area (Å²) < 4.78 is 65.0. The van der Waals surface area contributed by atoms with Gasteiger partial charge in [-0.2, -0.15) is 17.5 Å². The van der Waals surface area contributed by atoms with Gasteiger partial charge in [-0.3, -0.25) is 10.1 Å². The zero-order valence-electron chi connectivity index (χ0n) is 15.3. The zero-order valence-corrected chi connectivity index (χ0v) is 16.9. The van der Waals surface area contributed by atoms with E-state index in [1.54, 1.807) is 0 Å². The van der Waals surface area contributed by atoms with Crippen LogP contribution in [0.5, 0.6) is 0 Å². The van der Waals surface area contributed by atoms with Crippen molar-refractivity contribution in [3.8, 4) is 0 Å². The van der Waals surface area contributed by atoms with E-state index in [1.165, 1.54) is 5.51 Å². The van der Waals surface area contributed by atoms with Gasteiger partial charge in [-0.15, -0.1) is 10.2 Å². The third kappa shape index (κ3) is 5.52. The standard InChI is InChI=1S/C16H16F3N5O4S2/c17-16(18,19)11-2-1-3-13(8-11)30(26,27)24-6-4-12(5-7-24)23-28-9-14(25)21-15-22-20-10-29-15/h1-3,8,10H,4-7,9H2,(H,21,22,25). The van der Waals surface area contributed by atoms with Crippen molar-refractivity contribution in [3.63, 3.8) is 0 Å². The van der Waals surface area contributed by atoms with E-state index in [-0.39, 0.29) is 32.5 Å². The minimum absolute atomic E-state index is 0.0394. The average molecular weight is 463 g/mol. The number of sulfonamides is 1. The summed E-state index contributed by atoms with van der Waals surface area (Å²) in [5, 5.41) is 13.8. The van der Waals surface area contributed by atoms with Crippen LogP contribution in [-0.4, -0.2) is 54.2 Å². The Morgan fingerprint density at radius 1 is 1.30 bits per heavy atom. The summed E-state index contributed by atoms with van der Waals surface area (Å²) in [5.41, 5.74) is 0.981. The smallest absolute Gasteiger partial charge is 0.386 e. The predicted molar refractivity (Wildman–Crippen MR) is 101 cm³/mol. The predicted octanol–water partition coefficient (Wildman–Crippen LogP) is 2.35. The Morgan fingerprint density at radius 2 is 2.03 bits per heavy atom. The Morgan fingerprint density at radius 3 is 2.67 bits per heavy atom. The molecule has 30 heavy (non-hydrogen) atoms. The van der Waals surface area contributed by atoms with Gasteiger partial charge in [-0.25, -0.2) is 8.42 Å². The van der Waals surface area contributed by atoms with Crippen molar-refractivity contribution in [2.75, 3.05) is 25.0 Å². The van der Waals surface area contributed by atoms with Crippen LogP contribution in [0.15, 0.2) is 39.8 Å². The lowest BCUT2D eigenvalue weighted by Crippen LogP contribution is -2.38. The first-order chi connectivity index (χ1) is 14.2. The molecule has 2 heterocycles. The molecule has 0 unspecified atom stereocenters. The molecule has 1 aromatic heterocycles. The second kappa shape index (κ2) is 9.06. The van der Waals surface area contributed by atoms with Crippen LogP contribution in [0.4, 0.5) is 18.3 Å². The number of amides is 1. The van der Waals surface area contributed by atoms with Crippen molar-refractivity contribution in [2.24, 2.45) is 5.16 Å². The number of piperidine rings is 1. The average Bonchev–Trinajstić information content (AvgIpc) is 3.21. The Labute approximate surface area is 173 Å². The first-order valence-electron chi connectivity index (χ1n) is 8.57. The first-order valence-corrected chi connectivity index (χ1v) is 10.9. The molecule has 1 aromatic carbocycles. The van der Waals surface area contributed by atoms with E-state index < -0.39 is 32.6 Å². The summed E-state index contributed by atoms with van der Waals surface area (Å²) in [7, 11) is -4.07. The zero-order chi connectivity index (χ0) is 21.8. The molecule has 0 aliphatic carbocycles. The van der Waals surface area contributed by atoms with Gasteiger partial charge in [0.2, 0.25) is 15.2 Å². The van der Waals surface area contributed by atoms with Crippen molar-refractivity contribution in [1.29, 1.82) is 0 Å². The van der Waals surface area contributed by atoms with Gasteiger partial charge in [0.05, 0.1) is 16.2 Å². The number of anilines is 1. The molecule has 1 fully saturated rings. The van der Waals surface area contributed by atoms with Crippen LogP contribution >= 0.6 is 11.3 Å². The summed E-state index contributed by atoms with van der Waals surface area (Å²) in [6.07, 6.45) is -4.17. The number of oxime groups is 1. The highest BCUT2D eigenvalue weighted by atomic mass is 32.2. The number of hydrogen-bond donors (Lipinski definition) is 1. The lowest BCUT2D eigenvalue weighted by molar-refractivity contribution is -0.137. The van der Waals surface area contributed by atoms with E-state index in [0.717, 1.165) is 33.8 Å². The Kier molecular flexibility index (Phi) is 6.67. The molecular formula is C16H16F3N5O4S2. The number of nitrogens with one attached hydrogen (secondary N) is 1. The number of rotatable bonds is 6. The summed E-state index contributed by atoms with van der Waals surface area (Å²) in [5.74, 6) is -0.472. The van der Waals surface area contributed by atoms with E-state index in [2.05, 4.69) is 20.7 Å². The summed E-state index contributed by atoms with van der Waals surface area (Å²) in [6.45, 7) is -0.273. The van der Waals surface area contributed by atoms with Gasteiger partial charge in [0.25, 0.3) is 5.91 Å². The van der Waals surface area contributed by atoms with Crippen molar-refractivity contribution < 1.29 is 31.2 Å². The number of aromatic nitrogens is 2. The van der Waals surface area contributed by atoms with Gasteiger partial charge >= 0.3 is 6.18 Å². The lowest BCUT2D eigenvalue weighted by atomic mass is 10.1.